The molecule has 2 rings (SSSR count). The van der Waals surface area contributed by atoms with Crippen LogP contribution in [0.2, 0.25) is 5.02 Å². The number of thiophene rings is 1. The summed E-state index contributed by atoms with van der Waals surface area (Å²) in [7, 11) is 3.71. The van der Waals surface area contributed by atoms with Crippen LogP contribution in [0, 0.1) is 0 Å². The van der Waals surface area contributed by atoms with E-state index in [0.29, 0.717) is 5.02 Å². The van der Waals surface area contributed by atoms with E-state index in [9.17, 15) is 0 Å². The molecule has 6 heteroatoms. The van der Waals surface area contributed by atoms with Crippen molar-refractivity contribution in [2.45, 2.75) is 0 Å². The lowest BCUT2D eigenvalue weighted by Crippen LogP contribution is -1.99. The molecule has 0 fully saturated rings. The fourth-order valence-electron chi connectivity index (χ4n) is 1.20. The minimum Gasteiger partial charge on any atom is -0.357 e. The fourth-order valence-corrected chi connectivity index (χ4v) is 2.36. The van der Waals surface area contributed by atoms with E-state index in [1.54, 1.807) is 11.3 Å². The van der Waals surface area contributed by atoms with Gasteiger partial charge < -0.3 is 5.32 Å². The van der Waals surface area contributed by atoms with E-state index in [1.807, 2.05) is 30.1 Å². The topological polar surface area (TPSA) is 42.7 Å². The molecule has 14 heavy (non-hydrogen) atoms. The van der Waals surface area contributed by atoms with E-state index in [-0.39, 0.29) is 0 Å². The molecule has 0 atom stereocenters. The van der Waals surface area contributed by atoms with Gasteiger partial charge in [-0.3, -0.25) is 4.57 Å². The number of nitrogens with one attached hydrogen (secondary N) is 1. The molecule has 74 valence electrons. The molecule has 0 bridgehead atoms. The van der Waals surface area contributed by atoms with Crippen molar-refractivity contribution >= 4 is 28.9 Å². The van der Waals surface area contributed by atoms with Crippen LogP contribution in [0.4, 0.5) is 5.95 Å². The molecular formula is C8H9ClN4S. The summed E-state index contributed by atoms with van der Waals surface area (Å²) in [6.07, 6.45) is 0. The quantitative estimate of drug-likeness (QED) is 0.857. The number of halogens is 1. The zero-order valence-electron chi connectivity index (χ0n) is 7.78. The Labute approximate surface area is 90.5 Å². The molecule has 0 saturated carbocycles. The second kappa shape index (κ2) is 3.59. The van der Waals surface area contributed by atoms with E-state index in [2.05, 4.69) is 15.5 Å². The molecule has 0 spiro atoms. The molecule has 0 aromatic carbocycles. The average Bonchev–Trinajstić information content (AvgIpc) is 2.72. The van der Waals surface area contributed by atoms with Crippen LogP contribution in [-0.4, -0.2) is 21.8 Å². The summed E-state index contributed by atoms with van der Waals surface area (Å²) in [4.78, 5) is 0.947. The van der Waals surface area contributed by atoms with Gasteiger partial charge in [0, 0.05) is 14.1 Å². The van der Waals surface area contributed by atoms with Crippen LogP contribution in [-0.2, 0) is 7.05 Å². The molecule has 0 amide bonds. The predicted octanol–water partition coefficient (Wildman–Crippen LogP) is 2.24. The first-order valence-electron chi connectivity index (χ1n) is 4.04. The van der Waals surface area contributed by atoms with Gasteiger partial charge in [0.05, 0.1) is 9.90 Å². The Morgan fingerprint density at radius 2 is 2.29 bits per heavy atom. The molecule has 2 aromatic rings. The van der Waals surface area contributed by atoms with Gasteiger partial charge in [-0.05, 0) is 11.4 Å². The van der Waals surface area contributed by atoms with Crippen molar-refractivity contribution in [1.29, 1.82) is 0 Å². The van der Waals surface area contributed by atoms with Gasteiger partial charge in [0.25, 0.3) is 0 Å². The van der Waals surface area contributed by atoms with Crippen molar-refractivity contribution in [2.24, 2.45) is 7.05 Å². The van der Waals surface area contributed by atoms with Crippen molar-refractivity contribution in [3.05, 3.63) is 16.5 Å². The number of hydrogen-bond acceptors (Lipinski definition) is 4. The molecule has 0 saturated heterocycles. The number of nitrogens with zero attached hydrogens (tertiary/aromatic N) is 3. The van der Waals surface area contributed by atoms with Gasteiger partial charge in [-0.2, -0.15) is 0 Å². The Kier molecular flexibility index (Phi) is 2.43. The maximum atomic E-state index is 6.01. The second-order valence-electron chi connectivity index (χ2n) is 2.75. The van der Waals surface area contributed by atoms with Gasteiger partial charge in [-0.1, -0.05) is 11.6 Å². The molecule has 1 N–H and O–H groups in total. The molecule has 0 aliphatic rings. The van der Waals surface area contributed by atoms with E-state index >= 15 is 0 Å². The lowest BCUT2D eigenvalue weighted by molar-refractivity contribution is 0.927. The summed E-state index contributed by atoms with van der Waals surface area (Å²) in [6, 6.07) is 1.86. The third kappa shape index (κ3) is 1.38. The Morgan fingerprint density at radius 1 is 1.50 bits per heavy atom. The smallest absolute Gasteiger partial charge is 0.224 e. The Morgan fingerprint density at radius 3 is 2.79 bits per heavy atom. The van der Waals surface area contributed by atoms with Crippen LogP contribution in [0.5, 0.6) is 0 Å². The summed E-state index contributed by atoms with van der Waals surface area (Å²) in [6.45, 7) is 0. The lowest BCUT2D eigenvalue weighted by atomic mass is 10.4. The standard InChI is InChI=1S/C8H9ClN4S/c1-10-8-12-11-7(13(8)2)6-5(9)3-4-14-6/h3-4H,1-2H3,(H,10,12). The highest BCUT2D eigenvalue weighted by Crippen LogP contribution is 2.32. The molecule has 2 aromatic heterocycles. The minimum atomic E-state index is 0.716. The maximum Gasteiger partial charge on any atom is 0.224 e. The third-order valence-corrected chi connectivity index (χ3v) is 3.26. The van der Waals surface area contributed by atoms with Crippen molar-refractivity contribution < 1.29 is 0 Å². The first-order chi connectivity index (χ1) is 6.74. The molecule has 0 unspecified atom stereocenters. The maximum absolute atomic E-state index is 6.01. The van der Waals surface area contributed by atoms with Gasteiger partial charge >= 0.3 is 0 Å². The predicted molar refractivity (Wildman–Crippen MR) is 58.9 cm³/mol. The van der Waals surface area contributed by atoms with Crippen LogP contribution in [0.3, 0.4) is 0 Å². The molecule has 0 radical (unpaired) electrons. The lowest BCUT2D eigenvalue weighted by Gasteiger charge is -2.00. The SMILES string of the molecule is CNc1nnc(-c2sccc2Cl)n1C. The van der Waals surface area contributed by atoms with Gasteiger partial charge in [0.1, 0.15) is 0 Å². The number of rotatable bonds is 2. The fraction of sp³-hybridized carbons (Fsp3) is 0.250. The van der Waals surface area contributed by atoms with Gasteiger partial charge in [-0.25, -0.2) is 0 Å². The van der Waals surface area contributed by atoms with Crippen LogP contribution < -0.4 is 5.32 Å². The first kappa shape index (κ1) is 9.48. The van der Waals surface area contributed by atoms with E-state index in [0.717, 1.165) is 16.6 Å². The van der Waals surface area contributed by atoms with Crippen molar-refractivity contribution in [2.75, 3.05) is 12.4 Å². The van der Waals surface area contributed by atoms with Gasteiger partial charge in [0.15, 0.2) is 5.82 Å². The van der Waals surface area contributed by atoms with Crippen LogP contribution >= 0.6 is 22.9 Å². The third-order valence-electron chi connectivity index (χ3n) is 1.92. The average molecular weight is 229 g/mol. The highest BCUT2D eigenvalue weighted by molar-refractivity contribution is 7.14. The zero-order valence-corrected chi connectivity index (χ0v) is 9.35. The number of hydrogen-bond donors (Lipinski definition) is 1. The minimum absolute atomic E-state index is 0.716. The second-order valence-corrected chi connectivity index (χ2v) is 4.08. The van der Waals surface area contributed by atoms with Crippen molar-refractivity contribution in [3.63, 3.8) is 0 Å². The summed E-state index contributed by atoms with van der Waals surface area (Å²) < 4.78 is 1.87. The van der Waals surface area contributed by atoms with Crippen molar-refractivity contribution in [3.8, 4) is 10.7 Å². The monoisotopic (exact) mass is 228 g/mol. The highest BCUT2D eigenvalue weighted by atomic mass is 35.5. The molecule has 0 aliphatic carbocycles. The van der Waals surface area contributed by atoms with Crippen LogP contribution in [0.15, 0.2) is 11.4 Å². The molecule has 4 nitrogen and oxygen atoms in total. The summed E-state index contributed by atoms with van der Waals surface area (Å²) in [5, 5.41) is 13.6. The molecule has 0 aliphatic heterocycles. The van der Waals surface area contributed by atoms with E-state index in [4.69, 9.17) is 11.6 Å². The van der Waals surface area contributed by atoms with Crippen LogP contribution in [0.25, 0.3) is 10.7 Å². The van der Waals surface area contributed by atoms with Gasteiger partial charge in [-0.15, -0.1) is 21.5 Å². The number of anilines is 1. The Bertz CT molecular complexity index is 448. The van der Waals surface area contributed by atoms with Gasteiger partial charge in [0.2, 0.25) is 5.95 Å². The number of aromatic nitrogens is 3. The molecule has 2 heterocycles. The molecular weight excluding hydrogens is 220 g/mol. The zero-order chi connectivity index (χ0) is 10.1. The highest BCUT2D eigenvalue weighted by Gasteiger charge is 2.13. The normalized spacial score (nSPS) is 10.5. The summed E-state index contributed by atoms with van der Waals surface area (Å²) in [5.74, 6) is 1.51. The Balaban J connectivity index is 2.52. The van der Waals surface area contributed by atoms with E-state index in [1.165, 1.54) is 0 Å². The largest absolute Gasteiger partial charge is 0.357 e. The Hall–Kier alpha value is -1.07. The first-order valence-corrected chi connectivity index (χ1v) is 5.30. The summed E-state index contributed by atoms with van der Waals surface area (Å²) >= 11 is 7.57. The summed E-state index contributed by atoms with van der Waals surface area (Å²) in [5.41, 5.74) is 0. The van der Waals surface area contributed by atoms with Crippen LogP contribution in [0.1, 0.15) is 0 Å². The van der Waals surface area contributed by atoms with Crippen molar-refractivity contribution in [1.82, 2.24) is 14.8 Å². The van der Waals surface area contributed by atoms with E-state index < -0.39 is 0 Å².